The third-order valence-electron chi connectivity index (χ3n) is 5.96. The van der Waals surface area contributed by atoms with Gasteiger partial charge in [0.1, 0.15) is 0 Å². The van der Waals surface area contributed by atoms with Gasteiger partial charge in [0.15, 0.2) is 5.96 Å². The summed E-state index contributed by atoms with van der Waals surface area (Å²) in [6.07, 6.45) is 9.70. The quantitative estimate of drug-likeness (QED) is 0.366. The summed E-state index contributed by atoms with van der Waals surface area (Å²) in [6, 6.07) is 10.6. The number of hydrogen-bond acceptors (Lipinski definition) is 2. The van der Waals surface area contributed by atoms with Gasteiger partial charge in [-0.3, -0.25) is 4.99 Å². The minimum absolute atomic E-state index is 0. The Labute approximate surface area is 181 Å². The summed E-state index contributed by atoms with van der Waals surface area (Å²) < 4.78 is 5.31. The number of nitrogens with one attached hydrogen (secondary N) is 1. The van der Waals surface area contributed by atoms with Crippen molar-refractivity contribution in [1.82, 2.24) is 10.2 Å². The molecule has 0 spiro atoms. The molecule has 2 aliphatic rings. The molecule has 27 heavy (non-hydrogen) atoms. The van der Waals surface area contributed by atoms with Gasteiger partial charge in [-0.25, -0.2) is 0 Å². The molecule has 5 heteroatoms. The molecule has 1 aromatic carbocycles. The Morgan fingerprint density at radius 2 is 1.93 bits per heavy atom. The lowest BCUT2D eigenvalue weighted by atomic mass is 9.67. The zero-order chi connectivity index (χ0) is 18.2. The van der Waals surface area contributed by atoms with Crippen molar-refractivity contribution >= 4 is 36.0 Å². The lowest BCUT2D eigenvalue weighted by molar-refractivity contribution is 0.0726. The summed E-state index contributed by atoms with van der Waals surface area (Å²) in [5.74, 6) is 1.06. The molecular weight excluding hydrogens is 449 g/mol. The molecule has 1 saturated carbocycles. The van der Waals surface area contributed by atoms with Gasteiger partial charge in [0.2, 0.25) is 0 Å². The van der Waals surface area contributed by atoms with Crippen molar-refractivity contribution in [2.45, 2.75) is 38.5 Å². The maximum absolute atomic E-state index is 5.31. The van der Waals surface area contributed by atoms with Crippen molar-refractivity contribution in [2.75, 3.05) is 40.4 Å². The molecule has 2 fully saturated rings. The molecule has 1 N–H and O–H groups in total. The second kappa shape index (κ2) is 11.1. The van der Waals surface area contributed by atoms with Crippen molar-refractivity contribution in [3.8, 4) is 0 Å². The highest BCUT2D eigenvalue weighted by Crippen LogP contribution is 2.43. The van der Waals surface area contributed by atoms with Crippen LogP contribution in [-0.2, 0) is 4.74 Å². The van der Waals surface area contributed by atoms with E-state index < -0.39 is 0 Å². The average molecular weight is 483 g/mol. The normalized spacial score (nSPS) is 19.1. The van der Waals surface area contributed by atoms with E-state index in [0.29, 0.717) is 5.41 Å². The number of guanidine groups is 1. The number of methoxy groups -OCH3 is 1. The zero-order valence-corrected chi connectivity index (χ0v) is 19.1. The lowest BCUT2D eigenvalue weighted by Crippen LogP contribution is -2.49. The van der Waals surface area contributed by atoms with Gasteiger partial charge in [0, 0.05) is 40.4 Å². The van der Waals surface area contributed by atoms with E-state index in [2.05, 4.69) is 51.6 Å². The zero-order valence-electron chi connectivity index (χ0n) is 16.7. The Balaban J connectivity index is 0.00000261. The second-order valence-electron chi connectivity index (χ2n) is 7.70. The average Bonchev–Trinajstić information content (AvgIpc) is 2.65. The molecule has 0 bridgehead atoms. The van der Waals surface area contributed by atoms with Crippen LogP contribution in [0.3, 0.4) is 0 Å². The van der Waals surface area contributed by atoms with Crippen LogP contribution in [0, 0.1) is 5.41 Å². The first-order valence-electron chi connectivity index (χ1n) is 9.94. The largest absolute Gasteiger partial charge is 0.385 e. The predicted octanol–water partition coefficient (Wildman–Crippen LogP) is 4.57. The van der Waals surface area contributed by atoms with Crippen LogP contribution < -0.4 is 5.32 Å². The number of ether oxygens (including phenoxy) is 1. The summed E-state index contributed by atoms with van der Waals surface area (Å²) in [5.41, 5.74) is 3.27. The van der Waals surface area contributed by atoms with E-state index in [1.165, 1.54) is 24.8 Å². The number of piperidine rings is 1. The number of aliphatic imine (C=N–C) groups is 1. The molecule has 0 aromatic heterocycles. The summed E-state index contributed by atoms with van der Waals surface area (Å²) in [5, 5.41) is 3.66. The van der Waals surface area contributed by atoms with Crippen LogP contribution in [0.15, 0.2) is 40.9 Å². The van der Waals surface area contributed by atoms with E-state index >= 15 is 0 Å². The second-order valence-corrected chi connectivity index (χ2v) is 7.70. The summed E-state index contributed by atoms with van der Waals surface area (Å²) in [7, 11) is 3.70. The third-order valence-corrected chi connectivity index (χ3v) is 5.96. The highest BCUT2D eigenvalue weighted by Gasteiger charge is 2.36. The van der Waals surface area contributed by atoms with Gasteiger partial charge >= 0.3 is 0 Å². The van der Waals surface area contributed by atoms with Gasteiger partial charge < -0.3 is 15.0 Å². The Hall–Kier alpha value is -1.08. The van der Waals surface area contributed by atoms with Crippen molar-refractivity contribution < 1.29 is 4.74 Å². The molecule has 3 rings (SSSR count). The Bertz CT molecular complexity index is 616. The summed E-state index contributed by atoms with van der Waals surface area (Å²) in [6.45, 7) is 3.97. The molecule has 0 atom stereocenters. The first kappa shape index (κ1) is 22.2. The number of halogens is 1. The SMILES string of the molecule is CN=C(NCC1(CCOC)CCC1)N1CCC(=Cc2ccccc2)CC1.I. The molecule has 1 aromatic rings. The molecule has 1 aliphatic heterocycles. The highest BCUT2D eigenvalue weighted by molar-refractivity contribution is 14.0. The van der Waals surface area contributed by atoms with Gasteiger partial charge in [-0.15, -0.1) is 24.0 Å². The van der Waals surface area contributed by atoms with Gasteiger partial charge in [-0.05, 0) is 43.1 Å². The smallest absolute Gasteiger partial charge is 0.193 e. The van der Waals surface area contributed by atoms with Gasteiger partial charge in [0.05, 0.1) is 0 Å². The Morgan fingerprint density at radius 3 is 2.48 bits per heavy atom. The fraction of sp³-hybridized carbons (Fsp3) is 0.591. The molecule has 150 valence electrons. The van der Waals surface area contributed by atoms with Crippen LogP contribution in [-0.4, -0.2) is 51.3 Å². The van der Waals surface area contributed by atoms with E-state index in [1.807, 2.05) is 7.05 Å². The standard InChI is InChI=1S/C22H33N3O.HI/c1-23-21(24-18-22(11-6-12-22)13-16-26-2)25-14-9-20(10-15-25)17-19-7-4-3-5-8-19;/h3-5,7-8,17H,6,9-16,18H2,1-2H3,(H,23,24);1H. The molecule has 1 heterocycles. The summed E-state index contributed by atoms with van der Waals surface area (Å²) in [4.78, 5) is 6.95. The number of nitrogens with zero attached hydrogens (tertiary/aromatic N) is 2. The first-order chi connectivity index (χ1) is 12.7. The van der Waals surface area contributed by atoms with E-state index in [0.717, 1.165) is 51.5 Å². The number of benzene rings is 1. The van der Waals surface area contributed by atoms with Crippen LogP contribution >= 0.6 is 24.0 Å². The van der Waals surface area contributed by atoms with E-state index in [4.69, 9.17) is 4.74 Å². The predicted molar refractivity (Wildman–Crippen MR) is 125 cm³/mol. The van der Waals surface area contributed by atoms with Crippen LogP contribution in [0.1, 0.15) is 44.1 Å². The van der Waals surface area contributed by atoms with E-state index in [-0.39, 0.29) is 24.0 Å². The van der Waals surface area contributed by atoms with E-state index in [9.17, 15) is 0 Å². The molecule has 1 aliphatic carbocycles. The Morgan fingerprint density at radius 1 is 1.22 bits per heavy atom. The maximum atomic E-state index is 5.31. The molecule has 4 nitrogen and oxygen atoms in total. The minimum Gasteiger partial charge on any atom is -0.385 e. The molecule has 1 saturated heterocycles. The van der Waals surface area contributed by atoms with Gasteiger partial charge in [-0.2, -0.15) is 0 Å². The highest BCUT2D eigenvalue weighted by atomic mass is 127. The number of hydrogen-bond donors (Lipinski definition) is 1. The van der Waals surface area contributed by atoms with Gasteiger partial charge in [0.25, 0.3) is 0 Å². The third kappa shape index (κ3) is 6.21. The molecule has 0 radical (unpaired) electrons. The van der Waals surface area contributed by atoms with Gasteiger partial charge in [-0.1, -0.05) is 48.4 Å². The Kier molecular flexibility index (Phi) is 9.09. The monoisotopic (exact) mass is 483 g/mol. The van der Waals surface area contributed by atoms with Crippen LogP contribution in [0.2, 0.25) is 0 Å². The minimum atomic E-state index is 0. The van der Waals surface area contributed by atoms with Crippen LogP contribution in [0.25, 0.3) is 6.08 Å². The van der Waals surface area contributed by atoms with Crippen molar-refractivity contribution in [3.05, 3.63) is 41.5 Å². The van der Waals surface area contributed by atoms with E-state index in [1.54, 1.807) is 12.7 Å². The van der Waals surface area contributed by atoms with Crippen LogP contribution in [0.5, 0.6) is 0 Å². The fourth-order valence-corrected chi connectivity index (χ4v) is 4.04. The number of rotatable bonds is 6. The maximum Gasteiger partial charge on any atom is 0.193 e. The van der Waals surface area contributed by atoms with Crippen LogP contribution in [0.4, 0.5) is 0 Å². The molecule has 0 unspecified atom stereocenters. The van der Waals surface area contributed by atoms with Crippen molar-refractivity contribution in [1.29, 1.82) is 0 Å². The fourth-order valence-electron chi connectivity index (χ4n) is 4.04. The topological polar surface area (TPSA) is 36.9 Å². The lowest BCUT2D eigenvalue weighted by Gasteiger charge is -2.43. The first-order valence-corrected chi connectivity index (χ1v) is 9.94. The molecular formula is C22H34IN3O. The summed E-state index contributed by atoms with van der Waals surface area (Å²) >= 11 is 0. The van der Waals surface area contributed by atoms with Crippen molar-refractivity contribution in [2.24, 2.45) is 10.4 Å². The molecule has 0 amide bonds. The van der Waals surface area contributed by atoms with Crippen molar-refractivity contribution in [3.63, 3.8) is 0 Å². The number of likely N-dealkylation sites (tertiary alicyclic amines) is 1.